The molecule has 1 aliphatic heterocycles. The van der Waals surface area contributed by atoms with Crippen LogP contribution in [-0.4, -0.2) is 31.8 Å². The smallest absolute Gasteiger partial charge is 0.326 e. The highest BCUT2D eigenvalue weighted by atomic mass is 79.9. The molecule has 7 heteroatoms. The number of esters is 1. The molecule has 0 N–H and O–H groups in total. The maximum atomic E-state index is 12.9. The maximum absolute atomic E-state index is 12.9. The van der Waals surface area contributed by atoms with Gasteiger partial charge in [0, 0.05) is 4.47 Å². The van der Waals surface area contributed by atoms with E-state index in [0.717, 1.165) is 15.6 Å². The van der Waals surface area contributed by atoms with Crippen molar-refractivity contribution >= 4 is 31.9 Å². The summed E-state index contributed by atoms with van der Waals surface area (Å²) >= 11 is 3.35. The van der Waals surface area contributed by atoms with E-state index in [9.17, 15) is 13.2 Å². The number of sulfonamides is 1. The van der Waals surface area contributed by atoms with Crippen LogP contribution >= 0.6 is 15.9 Å². The van der Waals surface area contributed by atoms with Crippen LogP contribution < -0.4 is 0 Å². The van der Waals surface area contributed by atoms with Gasteiger partial charge >= 0.3 is 5.97 Å². The Kier molecular flexibility index (Phi) is 4.50. The number of hydrogen-bond acceptors (Lipinski definition) is 4. The lowest BCUT2D eigenvalue weighted by Gasteiger charge is -2.07. The molecule has 2 aromatic carbocycles. The summed E-state index contributed by atoms with van der Waals surface area (Å²) in [5, 5.41) is 0. The Morgan fingerprint density at radius 2 is 1.67 bits per heavy atom. The van der Waals surface area contributed by atoms with Crippen LogP contribution in [0.2, 0.25) is 0 Å². The first-order valence-corrected chi connectivity index (χ1v) is 9.53. The molecule has 0 saturated carbocycles. The van der Waals surface area contributed by atoms with E-state index in [0.29, 0.717) is 0 Å². The van der Waals surface area contributed by atoms with Crippen LogP contribution in [0.4, 0.5) is 0 Å². The number of nitrogens with zero attached hydrogens (tertiary/aromatic N) is 1. The molecule has 126 valence electrons. The molecule has 0 bridgehead atoms. The fraction of sp³-hybridized carbons (Fsp3) is 0.235. The summed E-state index contributed by atoms with van der Waals surface area (Å²) in [5.74, 6) is -0.557. The molecule has 0 amide bonds. The van der Waals surface area contributed by atoms with Crippen LogP contribution in [-0.2, 0) is 19.6 Å². The monoisotopic (exact) mass is 409 g/mol. The molecule has 2 aromatic rings. The molecule has 1 saturated heterocycles. The van der Waals surface area contributed by atoms with Crippen molar-refractivity contribution < 1.29 is 17.9 Å². The van der Waals surface area contributed by atoms with Crippen molar-refractivity contribution in [1.82, 2.24) is 4.31 Å². The molecular weight excluding hydrogens is 394 g/mol. The number of aryl methyl sites for hydroxylation is 1. The second-order valence-corrected chi connectivity index (χ2v) is 8.37. The van der Waals surface area contributed by atoms with Gasteiger partial charge in [-0.2, -0.15) is 4.31 Å². The molecule has 1 fully saturated rings. The molecule has 1 heterocycles. The highest BCUT2D eigenvalue weighted by molar-refractivity contribution is 9.10. The van der Waals surface area contributed by atoms with Crippen LogP contribution in [0.3, 0.4) is 0 Å². The lowest BCUT2D eigenvalue weighted by atomic mass is 10.1. The number of methoxy groups -OCH3 is 1. The van der Waals surface area contributed by atoms with Crippen molar-refractivity contribution in [3.63, 3.8) is 0 Å². The maximum Gasteiger partial charge on any atom is 0.326 e. The first-order valence-electron chi connectivity index (χ1n) is 7.30. The highest BCUT2D eigenvalue weighted by Gasteiger charge is 2.61. The zero-order valence-electron chi connectivity index (χ0n) is 13.1. The summed E-state index contributed by atoms with van der Waals surface area (Å²) in [6.07, 6.45) is 0. The fourth-order valence-electron chi connectivity index (χ4n) is 2.69. The molecule has 24 heavy (non-hydrogen) atoms. The van der Waals surface area contributed by atoms with Crippen molar-refractivity contribution in [1.29, 1.82) is 0 Å². The third-order valence-corrected chi connectivity index (χ3v) is 6.41. The third kappa shape index (κ3) is 2.99. The predicted molar refractivity (Wildman–Crippen MR) is 92.9 cm³/mol. The highest BCUT2D eigenvalue weighted by Crippen LogP contribution is 2.48. The van der Waals surface area contributed by atoms with Gasteiger partial charge in [-0.25, -0.2) is 8.42 Å². The molecule has 0 aliphatic carbocycles. The van der Waals surface area contributed by atoms with E-state index < -0.39 is 28.1 Å². The van der Waals surface area contributed by atoms with Gasteiger partial charge in [-0.15, -0.1) is 0 Å². The molecule has 1 aliphatic rings. The average Bonchev–Trinajstić information content (AvgIpc) is 3.31. The van der Waals surface area contributed by atoms with E-state index >= 15 is 0 Å². The summed E-state index contributed by atoms with van der Waals surface area (Å²) in [5.41, 5.74) is 1.72. The quantitative estimate of drug-likeness (QED) is 0.574. The second kappa shape index (κ2) is 6.31. The number of hydrogen-bond donors (Lipinski definition) is 0. The Morgan fingerprint density at radius 1 is 1.08 bits per heavy atom. The SMILES string of the molecule is COC(=O)[C@H]1[C@H](c2ccc(Br)cc2)N1S(=O)(=O)c1ccc(C)cc1. The zero-order chi connectivity index (χ0) is 17.5. The van der Waals surface area contributed by atoms with Gasteiger partial charge < -0.3 is 4.74 Å². The van der Waals surface area contributed by atoms with Crippen molar-refractivity contribution in [2.24, 2.45) is 0 Å². The molecule has 3 rings (SSSR count). The van der Waals surface area contributed by atoms with Crippen LogP contribution in [0.25, 0.3) is 0 Å². The second-order valence-electron chi connectivity index (χ2n) is 5.61. The van der Waals surface area contributed by atoms with Crippen LogP contribution in [0.5, 0.6) is 0 Å². The number of carbonyl (C=O) groups excluding carboxylic acids is 1. The van der Waals surface area contributed by atoms with Crippen molar-refractivity contribution in [2.75, 3.05) is 7.11 Å². The molecular formula is C17H16BrNO4S. The topological polar surface area (TPSA) is 63.5 Å². The molecule has 3 atom stereocenters. The van der Waals surface area contributed by atoms with E-state index in [-0.39, 0.29) is 4.90 Å². The minimum absolute atomic E-state index is 0.168. The number of halogens is 1. The molecule has 0 radical (unpaired) electrons. The normalized spacial score (nSPS) is 22.9. The standard InChI is InChI=1S/C17H16BrNO4S/c1-11-3-9-14(10-4-11)24(21,22)19-15(16(19)17(20)23-2)12-5-7-13(18)8-6-12/h3-10,15-16H,1-2H3/t15-,16+,19?/m0/s1. The number of ether oxygens (including phenoxy) is 1. The lowest BCUT2D eigenvalue weighted by molar-refractivity contribution is -0.140. The molecule has 0 spiro atoms. The van der Waals surface area contributed by atoms with Gasteiger partial charge in [-0.3, -0.25) is 4.79 Å². The minimum atomic E-state index is -3.77. The number of carbonyl (C=O) groups is 1. The summed E-state index contributed by atoms with van der Waals surface area (Å²) in [7, 11) is -2.51. The first kappa shape index (κ1) is 17.1. The average molecular weight is 410 g/mol. The summed E-state index contributed by atoms with van der Waals surface area (Å²) < 4.78 is 32.7. The summed E-state index contributed by atoms with van der Waals surface area (Å²) in [6.45, 7) is 1.88. The molecule has 1 unspecified atom stereocenters. The van der Waals surface area contributed by atoms with Crippen molar-refractivity contribution in [2.45, 2.75) is 23.9 Å². The Balaban J connectivity index is 1.99. The molecule has 5 nitrogen and oxygen atoms in total. The van der Waals surface area contributed by atoms with Gasteiger partial charge in [0.25, 0.3) is 0 Å². The van der Waals surface area contributed by atoms with E-state index in [1.54, 1.807) is 36.4 Å². The van der Waals surface area contributed by atoms with E-state index in [1.165, 1.54) is 11.4 Å². The van der Waals surface area contributed by atoms with Gasteiger partial charge in [-0.05, 0) is 36.8 Å². The number of rotatable bonds is 4. The van der Waals surface area contributed by atoms with E-state index in [1.807, 2.05) is 19.1 Å². The van der Waals surface area contributed by atoms with E-state index in [2.05, 4.69) is 15.9 Å². The molecule has 0 aromatic heterocycles. The summed E-state index contributed by atoms with van der Waals surface area (Å²) in [4.78, 5) is 12.2. The van der Waals surface area contributed by atoms with E-state index in [4.69, 9.17) is 4.74 Å². The Morgan fingerprint density at radius 3 is 2.21 bits per heavy atom. The van der Waals surface area contributed by atoms with Gasteiger partial charge in [0.2, 0.25) is 10.0 Å². The number of benzene rings is 2. The first-order chi connectivity index (χ1) is 11.4. The van der Waals surface area contributed by atoms with Crippen LogP contribution in [0, 0.1) is 6.92 Å². The Labute approximate surface area is 149 Å². The van der Waals surface area contributed by atoms with Crippen LogP contribution in [0.1, 0.15) is 17.2 Å². The van der Waals surface area contributed by atoms with Gasteiger partial charge in [0.1, 0.15) is 6.04 Å². The minimum Gasteiger partial charge on any atom is -0.468 e. The van der Waals surface area contributed by atoms with Gasteiger partial charge in [0.05, 0.1) is 18.0 Å². The summed E-state index contributed by atoms with van der Waals surface area (Å²) in [6, 6.07) is 12.4. The van der Waals surface area contributed by atoms with Crippen molar-refractivity contribution in [3.8, 4) is 0 Å². The zero-order valence-corrected chi connectivity index (χ0v) is 15.5. The third-order valence-electron chi connectivity index (χ3n) is 4.01. The van der Waals surface area contributed by atoms with Crippen molar-refractivity contribution in [3.05, 3.63) is 64.1 Å². The van der Waals surface area contributed by atoms with Crippen LogP contribution in [0.15, 0.2) is 57.9 Å². The van der Waals surface area contributed by atoms with Gasteiger partial charge in [-0.1, -0.05) is 45.8 Å². The van der Waals surface area contributed by atoms with Gasteiger partial charge in [0.15, 0.2) is 0 Å². The predicted octanol–water partition coefficient (Wildman–Crippen LogP) is 3.04. The Bertz CT molecular complexity index is 862. The largest absolute Gasteiger partial charge is 0.468 e. The Hall–Kier alpha value is -1.70. The fourth-order valence-corrected chi connectivity index (χ4v) is 4.65. The lowest BCUT2D eigenvalue weighted by Crippen LogP contribution is -2.20.